The van der Waals surface area contributed by atoms with Gasteiger partial charge in [0.1, 0.15) is 12.1 Å². The van der Waals surface area contributed by atoms with Crippen LogP contribution in [0.5, 0.6) is 0 Å². The van der Waals surface area contributed by atoms with Gasteiger partial charge in [0.2, 0.25) is 10.9 Å². The zero-order chi connectivity index (χ0) is 24.2. The second kappa shape index (κ2) is 8.26. The fraction of sp³-hybridized carbons (Fsp3) is 0.167. The molecular formula is C24H20ClN7O2S. The highest BCUT2D eigenvalue weighted by Crippen LogP contribution is 2.46. The Labute approximate surface area is 207 Å². The highest BCUT2D eigenvalue weighted by Gasteiger charge is 2.47. The lowest BCUT2D eigenvalue weighted by atomic mass is 10.1. The SMILES string of the molecule is Cn1cc(-c2ccc3c(c2)ncn3-c2cc(-c3ncccc3Cl)cc(C3(N[SH](=O)=O)CC3)n2)cn1. The Balaban J connectivity index is 1.51. The number of halogens is 1. The van der Waals surface area contributed by atoms with E-state index in [2.05, 4.69) is 19.8 Å². The molecule has 9 nitrogen and oxygen atoms in total. The minimum absolute atomic E-state index is 0.500. The number of thiol groups is 1. The molecule has 5 aromatic rings. The van der Waals surface area contributed by atoms with Crippen molar-refractivity contribution in [2.75, 3.05) is 0 Å². The molecule has 1 aliphatic rings. The van der Waals surface area contributed by atoms with Crippen LogP contribution in [0.1, 0.15) is 18.5 Å². The Morgan fingerprint density at radius 2 is 1.91 bits per heavy atom. The molecule has 0 amide bonds. The van der Waals surface area contributed by atoms with Gasteiger partial charge < -0.3 is 0 Å². The summed E-state index contributed by atoms with van der Waals surface area (Å²) in [4.78, 5) is 13.9. The van der Waals surface area contributed by atoms with Gasteiger partial charge in [0.15, 0.2) is 0 Å². The highest BCUT2D eigenvalue weighted by molar-refractivity contribution is 7.70. The van der Waals surface area contributed by atoms with Gasteiger partial charge in [0, 0.05) is 30.6 Å². The van der Waals surface area contributed by atoms with Crippen LogP contribution >= 0.6 is 11.6 Å². The molecule has 0 spiro atoms. The number of benzene rings is 1. The largest absolute Gasteiger partial charge is 0.283 e. The van der Waals surface area contributed by atoms with Gasteiger partial charge in [-0.1, -0.05) is 17.7 Å². The van der Waals surface area contributed by atoms with Gasteiger partial charge in [-0.2, -0.15) is 5.10 Å². The first-order valence-corrected chi connectivity index (χ1v) is 12.5. The van der Waals surface area contributed by atoms with Crippen LogP contribution in [0.3, 0.4) is 0 Å². The Kier molecular flexibility index (Phi) is 5.17. The maximum atomic E-state index is 11.5. The minimum Gasteiger partial charge on any atom is -0.283 e. The van der Waals surface area contributed by atoms with Crippen LogP contribution < -0.4 is 4.72 Å². The number of pyridine rings is 2. The van der Waals surface area contributed by atoms with E-state index in [-0.39, 0.29) is 0 Å². The molecule has 1 saturated carbocycles. The average Bonchev–Trinajstić information content (AvgIpc) is 3.29. The molecule has 35 heavy (non-hydrogen) atoms. The van der Waals surface area contributed by atoms with Crippen molar-refractivity contribution in [2.24, 2.45) is 7.05 Å². The first-order valence-electron chi connectivity index (χ1n) is 10.9. The standard InChI is InChI=1S/C24H20ClN7O2S/c1-31-13-17(12-28-31)15-4-5-20-19(9-15)27-14-32(20)22-11-16(23-18(25)3-2-8-26-23)10-21(29-22)24(6-7-24)30-35(33)34/h2-5,8-14,35H,6-7H2,1H3,(H,30,33,34). The Bertz CT molecular complexity index is 1660. The molecule has 176 valence electrons. The molecule has 6 rings (SSSR count). The summed E-state index contributed by atoms with van der Waals surface area (Å²) in [5.74, 6) is 0.602. The van der Waals surface area contributed by atoms with Crippen LogP contribution in [0.25, 0.3) is 39.2 Å². The second-order valence-electron chi connectivity index (χ2n) is 8.60. The first kappa shape index (κ1) is 21.9. The molecule has 1 aliphatic carbocycles. The monoisotopic (exact) mass is 505 g/mol. The summed E-state index contributed by atoms with van der Waals surface area (Å²) in [6.07, 6.45) is 8.49. The number of hydrogen-bond acceptors (Lipinski definition) is 6. The lowest BCUT2D eigenvalue weighted by Gasteiger charge is -2.17. The number of aromatic nitrogens is 6. The number of nitrogens with one attached hydrogen (secondary N) is 1. The second-order valence-corrected chi connectivity index (χ2v) is 9.75. The van der Waals surface area contributed by atoms with Gasteiger partial charge in [0.25, 0.3) is 0 Å². The fourth-order valence-electron chi connectivity index (χ4n) is 4.29. The lowest BCUT2D eigenvalue weighted by Crippen LogP contribution is -2.28. The molecular weight excluding hydrogens is 486 g/mol. The quantitative estimate of drug-likeness (QED) is 0.341. The van der Waals surface area contributed by atoms with E-state index in [1.165, 1.54) is 0 Å². The van der Waals surface area contributed by atoms with Gasteiger partial charge in [-0.05, 0) is 54.8 Å². The molecule has 0 atom stereocenters. The van der Waals surface area contributed by atoms with E-state index in [9.17, 15) is 8.42 Å². The van der Waals surface area contributed by atoms with Crippen molar-refractivity contribution in [3.05, 3.63) is 78.1 Å². The number of nitrogens with zero attached hydrogens (tertiary/aromatic N) is 6. The van der Waals surface area contributed by atoms with E-state index >= 15 is 0 Å². The van der Waals surface area contributed by atoms with E-state index in [0.29, 0.717) is 35.1 Å². The summed E-state index contributed by atoms with van der Waals surface area (Å²) < 4.78 is 29.4. The molecule has 4 heterocycles. The Morgan fingerprint density at radius 3 is 2.63 bits per heavy atom. The highest BCUT2D eigenvalue weighted by atomic mass is 35.5. The summed E-state index contributed by atoms with van der Waals surface area (Å²) in [6, 6.07) is 13.3. The average molecular weight is 506 g/mol. The maximum Gasteiger partial charge on any atom is 0.202 e. The molecule has 1 aromatic carbocycles. The molecule has 0 aliphatic heterocycles. The third kappa shape index (κ3) is 3.99. The van der Waals surface area contributed by atoms with Crippen molar-refractivity contribution in [1.29, 1.82) is 0 Å². The van der Waals surface area contributed by atoms with Gasteiger partial charge >= 0.3 is 0 Å². The normalized spacial score (nSPS) is 14.6. The first-order chi connectivity index (χ1) is 16.9. The number of rotatable bonds is 6. The van der Waals surface area contributed by atoms with Crippen molar-refractivity contribution in [3.63, 3.8) is 0 Å². The predicted octanol–water partition coefficient (Wildman–Crippen LogP) is 3.64. The van der Waals surface area contributed by atoms with Crippen LogP contribution in [0.2, 0.25) is 5.02 Å². The third-order valence-electron chi connectivity index (χ3n) is 6.22. The van der Waals surface area contributed by atoms with E-state index in [0.717, 1.165) is 27.7 Å². The molecule has 4 aromatic heterocycles. The van der Waals surface area contributed by atoms with E-state index in [1.54, 1.807) is 29.3 Å². The van der Waals surface area contributed by atoms with Gasteiger partial charge in [-0.25, -0.2) is 23.1 Å². The summed E-state index contributed by atoms with van der Waals surface area (Å²) in [5, 5.41) is 4.75. The summed E-state index contributed by atoms with van der Waals surface area (Å²) in [7, 11) is -0.904. The van der Waals surface area contributed by atoms with Gasteiger partial charge in [-0.15, -0.1) is 0 Å². The summed E-state index contributed by atoms with van der Waals surface area (Å²) >= 11 is 6.45. The molecule has 0 radical (unpaired) electrons. The van der Waals surface area contributed by atoms with Crippen molar-refractivity contribution in [2.45, 2.75) is 18.4 Å². The molecule has 1 fully saturated rings. The van der Waals surface area contributed by atoms with Crippen LogP contribution in [0, 0.1) is 0 Å². The fourth-order valence-corrected chi connectivity index (χ4v) is 5.21. The number of fused-ring (bicyclic) bond motifs is 1. The van der Waals surface area contributed by atoms with E-state index in [1.807, 2.05) is 54.3 Å². The van der Waals surface area contributed by atoms with Gasteiger partial charge in [-0.3, -0.25) is 14.2 Å². The van der Waals surface area contributed by atoms with Crippen LogP contribution in [0.4, 0.5) is 0 Å². The van der Waals surface area contributed by atoms with Crippen molar-refractivity contribution in [3.8, 4) is 28.2 Å². The van der Waals surface area contributed by atoms with Crippen molar-refractivity contribution >= 4 is 33.5 Å². The molecule has 0 unspecified atom stereocenters. The lowest BCUT2D eigenvalue weighted by molar-refractivity contribution is 0.564. The molecule has 0 bridgehead atoms. The number of hydrogen-bond donors (Lipinski definition) is 2. The summed E-state index contributed by atoms with van der Waals surface area (Å²) in [5.41, 5.74) is 4.95. The van der Waals surface area contributed by atoms with Crippen molar-refractivity contribution in [1.82, 2.24) is 34.0 Å². The van der Waals surface area contributed by atoms with E-state index < -0.39 is 16.4 Å². The van der Waals surface area contributed by atoms with Gasteiger partial charge in [0.05, 0.1) is 39.2 Å². The number of imidazole rings is 1. The molecule has 11 heteroatoms. The topological polar surface area (TPSA) is 108 Å². The number of aryl methyl sites for hydroxylation is 1. The summed E-state index contributed by atoms with van der Waals surface area (Å²) in [6.45, 7) is 0. The predicted molar refractivity (Wildman–Crippen MR) is 134 cm³/mol. The minimum atomic E-state index is -2.78. The van der Waals surface area contributed by atoms with Crippen molar-refractivity contribution < 1.29 is 8.42 Å². The van der Waals surface area contributed by atoms with Crippen LogP contribution in [-0.2, 0) is 23.5 Å². The third-order valence-corrected chi connectivity index (χ3v) is 7.14. The van der Waals surface area contributed by atoms with Crippen LogP contribution in [-0.4, -0.2) is 37.7 Å². The zero-order valence-corrected chi connectivity index (χ0v) is 20.2. The molecule has 0 saturated heterocycles. The zero-order valence-electron chi connectivity index (χ0n) is 18.6. The smallest absolute Gasteiger partial charge is 0.202 e. The maximum absolute atomic E-state index is 11.5. The Morgan fingerprint density at radius 1 is 1.06 bits per heavy atom. The van der Waals surface area contributed by atoms with Crippen LogP contribution in [0.15, 0.2) is 67.4 Å². The Hall–Kier alpha value is -3.60. The van der Waals surface area contributed by atoms with E-state index in [4.69, 9.17) is 16.6 Å². The molecule has 1 N–H and O–H groups in total.